The van der Waals surface area contributed by atoms with E-state index in [1.54, 1.807) is 12.3 Å². The van der Waals surface area contributed by atoms with Crippen molar-refractivity contribution in [1.29, 1.82) is 0 Å². The molecule has 0 atom stereocenters. The second-order valence-electron chi connectivity index (χ2n) is 8.02. The summed E-state index contributed by atoms with van der Waals surface area (Å²) < 4.78 is 6.06. The fraction of sp³-hybridized carbons (Fsp3) is 0.706. The number of nitrogens with one attached hydrogen (secondary N) is 1. The van der Waals surface area contributed by atoms with Gasteiger partial charge in [0.1, 0.15) is 5.69 Å². The maximum Gasteiger partial charge on any atom is 0.270 e. The van der Waals surface area contributed by atoms with Crippen LogP contribution in [0.1, 0.15) is 38.2 Å². The Hall–Kier alpha value is -0.903. The van der Waals surface area contributed by atoms with Crippen LogP contribution < -0.4 is 10.2 Å². The van der Waals surface area contributed by atoms with Crippen molar-refractivity contribution in [2.24, 2.45) is 0 Å². The molecule has 0 saturated carbocycles. The first kappa shape index (κ1) is 21.4. The molecule has 1 aromatic rings. The molecule has 26 heavy (non-hydrogen) atoms. The molecule has 9 heteroatoms. The molecule has 0 aliphatic carbocycles. The lowest BCUT2D eigenvalue weighted by atomic mass is 10.2. The first-order chi connectivity index (χ1) is 12.0. The lowest BCUT2D eigenvalue weighted by Gasteiger charge is -2.37. The van der Waals surface area contributed by atoms with Gasteiger partial charge in [-0.25, -0.2) is 4.98 Å². The third kappa shape index (κ3) is 5.55. The summed E-state index contributed by atoms with van der Waals surface area (Å²) in [7, 11) is -1.78. The number of nitrogens with zero attached hydrogens (tertiary/aromatic N) is 2. The van der Waals surface area contributed by atoms with Gasteiger partial charge < -0.3 is 14.6 Å². The van der Waals surface area contributed by atoms with Crippen molar-refractivity contribution in [3.8, 4) is 0 Å². The van der Waals surface area contributed by atoms with Crippen LogP contribution in [-0.4, -0.2) is 55.8 Å². The lowest BCUT2D eigenvalue weighted by Crippen LogP contribution is -2.49. The molecule has 1 amide bonds. The first-order valence-corrected chi connectivity index (χ1v) is 13.5. The van der Waals surface area contributed by atoms with E-state index in [1.165, 1.54) is 23.1 Å². The van der Waals surface area contributed by atoms with Gasteiger partial charge in [-0.05, 0) is 18.1 Å². The van der Waals surface area contributed by atoms with Gasteiger partial charge in [0.15, 0.2) is 18.6 Å². The van der Waals surface area contributed by atoms with E-state index in [2.05, 4.69) is 49.1 Å². The predicted molar refractivity (Wildman–Crippen MR) is 112 cm³/mol. The predicted octanol–water partition coefficient (Wildman–Crippen LogP) is 3.36. The zero-order chi connectivity index (χ0) is 19.5. The van der Waals surface area contributed by atoms with Gasteiger partial charge in [0, 0.05) is 37.2 Å². The van der Waals surface area contributed by atoms with Crippen LogP contribution in [0, 0.1) is 0 Å². The molecule has 1 aliphatic rings. The summed E-state index contributed by atoms with van der Waals surface area (Å²) in [5.41, 5.74) is 0.444. The maximum atomic E-state index is 12.2. The Bertz CT molecular complexity index is 652. The summed E-state index contributed by atoms with van der Waals surface area (Å²) in [4.78, 5) is 29.9. The molecular formula is C17H29N3O3S2Si. The van der Waals surface area contributed by atoms with Crippen LogP contribution in [-0.2, 0) is 9.22 Å². The van der Waals surface area contributed by atoms with E-state index in [-0.39, 0.29) is 16.1 Å². The topological polar surface area (TPSA) is 71.5 Å². The van der Waals surface area contributed by atoms with Crippen molar-refractivity contribution in [2.75, 3.05) is 31.1 Å². The van der Waals surface area contributed by atoms with E-state index in [0.717, 1.165) is 18.2 Å². The minimum Gasteiger partial charge on any atom is -0.415 e. The van der Waals surface area contributed by atoms with Crippen molar-refractivity contribution in [3.63, 3.8) is 0 Å². The summed E-state index contributed by atoms with van der Waals surface area (Å²) in [6.45, 7) is 15.2. The highest BCUT2D eigenvalue weighted by Gasteiger charge is 2.37. The van der Waals surface area contributed by atoms with Crippen LogP contribution in [0.2, 0.25) is 18.1 Å². The number of aromatic nitrogens is 1. The van der Waals surface area contributed by atoms with E-state index in [4.69, 9.17) is 4.43 Å². The molecule has 2 heterocycles. The molecule has 0 aromatic carbocycles. The van der Waals surface area contributed by atoms with Crippen molar-refractivity contribution < 1.29 is 14.0 Å². The summed E-state index contributed by atoms with van der Waals surface area (Å²) in [6, 6.07) is 0. The number of hydrogen-bond acceptors (Lipinski definition) is 7. The van der Waals surface area contributed by atoms with Crippen LogP contribution in [0.5, 0.6) is 0 Å². The van der Waals surface area contributed by atoms with Gasteiger partial charge in [0.25, 0.3) is 5.91 Å². The minimum atomic E-state index is -1.78. The quantitative estimate of drug-likeness (QED) is 0.544. The van der Waals surface area contributed by atoms with E-state index in [9.17, 15) is 9.59 Å². The van der Waals surface area contributed by atoms with Gasteiger partial charge in [-0.3, -0.25) is 9.59 Å². The van der Waals surface area contributed by atoms with E-state index in [1.807, 2.05) is 0 Å². The Morgan fingerprint density at radius 3 is 2.65 bits per heavy atom. The summed E-state index contributed by atoms with van der Waals surface area (Å²) >= 11 is 2.84. The molecule has 0 spiro atoms. The number of carbonyl (C=O) groups is 2. The average molecular weight is 416 g/mol. The smallest absolute Gasteiger partial charge is 0.270 e. The third-order valence-corrected chi connectivity index (χ3v) is 11.2. The first-order valence-electron chi connectivity index (χ1n) is 8.79. The van der Waals surface area contributed by atoms with Gasteiger partial charge in [-0.15, -0.1) is 11.3 Å². The van der Waals surface area contributed by atoms with Crippen molar-refractivity contribution >= 4 is 47.6 Å². The second-order valence-corrected chi connectivity index (χ2v) is 15.1. The Labute approximate surface area is 165 Å². The van der Waals surface area contributed by atoms with Gasteiger partial charge in [0.2, 0.25) is 0 Å². The van der Waals surface area contributed by atoms with Crippen LogP contribution in [0.25, 0.3) is 0 Å². The molecule has 1 fully saturated rings. The highest BCUT2D eigenvalue weighted by atomic mass is 32.2. The largest absolute Gasteiger partial charge is 0.415 e. The number of carbonyl (C=O) groups excluding carboxylic acids is 2. The van der Waals surface area contributed by atoms with Crippen LogP contribution in [0.15, 0.2) is 5.38 Å². The van der Waals surface area contributed by atoms with E-state index >= 15 is 0 Å². The number of rotatable bonds is 7. The molecule has 146 valence electrons. The third-order valence-electron chi connectivity index (χ3n) is 4.83. The molecule has 1 N–H and O–H groups in total. The minimum absolute atomic E-state index is 0.147. The van der Waals surface area contributed by atoms with Gasteiger partial charge in [-0.2, -0.15) is 0 Å². The molecule has 0 bridgehead atoms. The van der Waals surface area contributed by atoms with Crippen molar-refractivity contribution in [3.05, 3.63) is 11.1 Å². The summed E-state index contributed by atoms with van der Waals surface area (Å²) in [5.74, 6) is -0.165. The maximum absolute atomic E-state index is 12.2. The molecule has 2 rings (SSSR count). The zero-order valence-corrected chi connectivity index (χ0v) is 19.1. The Morgan fingerprint density at radius 1 is 1.42 bits per heavy atom. The summed E-state index contributed by atoms with van der Waals surface area (Å²) in [5, 5.41) is 6.15. The van der Waals surface area contributed by atoms with Gasteiger partial charge in [0.05, 0.1) is 6.61 Å². The van der Waals surface area contributed by atoms with Crippen molar-refractivity contribution in [1.82, 2.24) is 10.3 Å². The number of amides is 1. The molecule has 1 saturated heterocycles. The number of anilines is 1. The fourth-order valence-electron chi connectivity index (χ4n) is 2.20. The monoisotopic (exact) mass is 415 g/mol. The normalized spacial score (nSPS) is 15.7. The lowest BCUT2D eigenvalue weighted by molar-refractivity contribution is -0.109. The summed E-state index contributed by atoms with van der Waals surface area (Å²) in [6.07, 6.45) is 0. The highest BCUT2D eigenvalue weighted by molar-refractivity contribution is 8.14. The molecule has 1 aromatic heterocycles. The Morgan fingerprint density at radius 2 is 2.08 bits per heavy atom. The molecule has 0 unspecified atom stereocenters. The molecular weight excluding hydrogens is 386 g/mol. The van der Waals surface area contributed by atoms with Crippen LogP contribution >= 0.6 is 23.1 Å². The number of thiazole rings is 1. The van der Waals surface area contributed by atoms with E-state index in [0.29, 0.717) is 24.1 Å². The van der Waals surface area contributed by atoms with Gasteiger partial charge in [-0.1, -0.05) is 32.5 Å². The zero-order valence-electron chi connectivity index (χ0n) is 16.4. The second kappa shape index (κ2) is 8.41. The van der Waals surface area contributed by atoms with Crippen LogP contribution in [0.3, 0.4) is 0 Å². The Balaban J connectivity index is 1.74. The number of thioether (sulfide) groups is 1. The average Bonchev–Trinajstić information content (AvgIpc) is 2.94. The highest BCUT2D eigenvalue weighted by Crippen LogP contribution is 2.36. The van der Waals surface area contributed by atoms with Gasteiger partial charge >= 0.3 is 0 Å². The fourth-order valence-corrected chi connectivity index (χ4v) is 5.04. The SMILES string of the molecule is CC(=O)SC1CN(c2nc(C(=O)NCCO[Si](C)(C)C(C)(C)C)cs2)C1. The molecule has 1 aliphatic heterocycles. The van der Waals surface area contributed by atoms with E-state index < -0.39 is 8.32 Å². The molecule has 0 radical (unpaired) electrons. The van der Waals surface area contributed by atoms with Crippen molar-refractivity contribution in [2.45, 2.75) is 51.1 Å². The number of hydrogen-bond donors (Lipinski definition) is 1. The van der Waals surface area contributed by atoms with Crippen LogP contribution in [0.4, 0.5) is 5.13 Å². The Kier molecular flexibility index (Phi) is 6.92. The molecule has 6 nitrogen and oxygen atoms in total. The standard InChI is InChI=1S/C17H29N3O3S2Si/c1-12(21)25-13-9-20(10-13)16-19-14(11-24-16)15(22)18-7-8-23-26(5,6)17(2,3)4/h11,13H,7-10H2,1-6H3,(H,18,22).